The summed E-state index contributed by atoms with van der Waals surface area (Å²) < 4.78 is 0. The first kappa shape index (κ1) is 16.3. The third-order valence-corrected chi connectivity index (χ3v) is 5.00. The molecule has 2 rings (SSSR count). The molecule has 0 spiro atoms. The van der Waals surface area contributed by atoms with Crippen molar-refractivity contribution >= 4 is 33.0 Å². The number of oxime groups is 2. The van der Waals surface area contributed by atoms with Crippen LogP contribution < -0.4 is 0 Å². The fourth-order valence-corrected chi connectivity index (χ4v) is 3.20. The number of hydrogen-bond donors (Lipinski definition) is 2. The molecule has 0 bridgehead atoms. The van der Waals surface area contributed by atoms with E-state index < -0.39 is 0 Å². The van der Waals surface area contributed by atoms with Crippen LogP contribution >= 0.6 is 21.6 Å². The van der Waals surface area contributed by atoms with Crippen LogP contribution in [0.3, 0.4) is 0 Å². The molecule has 0 radical (unpaired) electrons. The van der Waals surface area contributed by atoms with E-state index in [4.69, 9.17) is 10.4 Å². The number of rotatable bonds is 5. The quantitative estimate of drug-likeness (QED) is 0.375. The van der Waals surface area contributed by atoms with Gasteiger partial charge in [-0.1, -0.05) is 10.3 Å². The monoisotopic (exact) mass is 334 g/mol. The molecule has 6 nitrogen and oxygen atoms in total. The summed E-state index contributed by atoms with van der Waals surface area (Å²) in [6.45, 7) is 3.42. The van der Waals surface area contributed by atoms with Crippen LogP contribution in [0.2, 0.25) is 0 Å². The second kappa shape index (κ2) is 7.81. The fraction of sp³-hybridized carbons (Fsp3) is 0.143. The second-order valence-corrected chi connectivity index (χ2v) is 6.48. The molecule has 0 unspecified atom stereocenters. The van der Waals surface area contributed by atoms with E-state index in [0.717, 1.165) is 21.2 Å². The summed E-state index contributed by atoms with van der Waals surface area (Å²) in [6, 6.07) is 7.42. The predicted molar refractivity (Wildman–Crippen MR) is 88.2 cm³/mol. The van der Waals surface area contributed by atoms with Crippen molar-refractivity contribution < 1.29 is 10.4 Å². The Kier molecular flexibility index (Phi) is 5.79. The van der Waals surface area contributed by atoms with E-state index in [-0.39, 0.29) is 0 Å². The van der Waals surface area contributed by atoms with E-state index in [9.17, 15) is 0 Å². The minimum Gasteiger partial charge on any atom is -0.411 e. The Morgan fingerprint density at radius 3 is 1.50 bits per heavy atom. The lowest BCUT2D eigenvalue weighted by Crippen LogP contribution is -1.95. The molecule has 8 heteroatoms. The van der Waals surface area contributed by atoms with Crippen molar-refractivity contribution in [2.24, 2.45) is 10.3 Å². The van der Waals surface area contributed by atoms with Gasteiger partial charge in [-0.3, -0.25) is 0 Å². The molecule has 2 aromatic rings. The summed E-state index contributed by atoms with van der Waals surface area (Å²) in [5.41, 5.74) is 2.60. The van der Waals surface area contributed by atoms with Gasteiger partial charge in [0.05, 0.1) is 11.4 Å². The number of hydrogen-bond acceptors (Lipinski definition) is 8. The molecule has 0 saturated heterocycles. The summed E-state index contributed by atoms with van der Waals surface area (Å²) in [5, 5.41) is 25.4. The molecular formula is C14H14N4O2S2. The van der Waals surface area contributed by atoms with Crippen LogP contribution in [-0.4, -0.2) is 31.8 Å². The van der Waals surface area contributed by atoms with Crippen LogP contribution in [0, 0.1) is 0 Å². The molecule has 0 fully saturated rings. The van der Waals surface area contributed by atoms with E-state index in [1.165, 1.54) is 21.6 Å². The van der Waals surface area contributed by atoms with Gasteiger partial charge in [-0.25, -0.2) is 9.97 Å². The van der Waals surface area contributed by atoms with Crippen LogP contribution in [0.25, 0.3) is 0 Å². The van der Waals surface area contributed by atoms with Crippen LogP contribution in [-0.2, 0) is 0 Å². The highest BCUT2D eigenvalue weighted by Crippen LogP contribution is 2.34. The van der Waals surface area contributed by atoms with Crippen LogP contribution in [0.1, 0.15) is 25.0 Å². The highest BCUT2D eigenvalue weighted by molar-refractivity contribution is 8.76. The van der Waals surface area contributed by atoms with E-state index in [2.05, 4.69) is 20.3 Å². The van der Waals surface area contributed by atoms with Gasteiger partial charge in [0.25, 0.3) is 0 Å². The third-order valence-electron chi connectivity index (χ3n) is 2.82. The van der Waals surface area contributed by atoms with Gasteiger partial charge in [0.2, 0.25) is 0 Å². The van der Waals surface area contributed by atoms with Gasteiger partial charge in [0.15, 0.2) is 0 Å². The maximum atomic E-state index is 8.71. The maximum absolute atomic E-state index is 8.71. The highest BCUT2D eigenvalue weighted by atomic mass is 33.1. The van der Waals surface area contributed by atoms with Gasteiger partial charge < -0.3 is 10.4 Å². The molecule has 0 atom stereocenters. The minimum atomic E-state index is 0.523. The lowest BCUT2D eigenvalue weighted by atomic mass is 10.2. The fourth-order valence-electron chi connectivity index (χ4n) is 1.49. The molecule has 0 aliphatic rings. The molecule has 2 aromatic heterocycles. The van der Waals surface area contributed by atoms with Crippen molar-refractivity contribution in [2.45, 2.75) is 23.9 Å². The third kappa shape index (κ3) is 4.22. The predicted octanol–water partition coefficient (Wildman–Crippen LogP) is 3.67. The Labute approximate surface area is 135 Å². The molecule has 0 amide bonds. The smallest absolute Gasteiger partial charge is 0.107 e. The molecule has 2 N–H and O–H groups in total. The largest absolute Gasteiger partial charge is 0.411 e. The second-order valence-electron chi connectivity index (χ2n) is 4.31. The van der Waals surface area contributed by atoms with Gasteiger partial charge in [0, 0.05) is 23.5 Å². The summed E-state index contributed by atoms with van der Waals surface area (Å²) in [6.07, 6.45) is 3.32. The first-order chi connectivity index (χ1) is 10.6. The topological polar surface area (TPSA) is 91.0 Å². The Bertz CT molecular complexity index is 623. The zero-order valence-electron chi connectivity index (χ0n) is 12.0. The molecule has 2 heterocycles. The average molecular weight is 334 g/mol. The molecule has 22 heavy (non-hydrogen) atoms. The summed E-state index contributed by atoms with van der Waals surface area (Å²) >= 11 is 0. The van der Waals surface area contributed by atoms with Gasteiger partial charge in [-0.2, -0.15) is 0 Å². The van der Waals surface area contributed by atoms with Crippen molar-refractivity contribution in [2.75, 3.05) is 0 Å². The van der Waals surface area contributed by atoms with E-state index in [1.54, 1.807) is 26.2 Å². The number of pyridine rings is 2. The maximum Gasteiger partial charge on any atom is 0.107 e. The van der Waals surface area contributed by atoms with Crippen molar-refractivity contribution in [1.29, 1.82) is 0 Å². The van der Waals surface area contributed by atoms with E-state index in [0.29, 0.717) is 11.4 Å². The van der Waals surface area contributed by atoms with E-state index >= 15 is 0 Å². The van der Waals surface area contributed by atoms with Crippen LogP contribution in [0.5, 0.6) is 0 Å². The van der Waals surface area contributed by atoms with Crippen LogP contribution in [0.15, 0.2) is 57.0 Å². The van der Waals surface area contributed by atoms with Gasteiger partial charge >= 0.3 is 0 Å². The lowest BCUT2D eigenvalue weighted by molar-refractivity contribution is 0.319. The highest BCUT2D eigenvalue weighted by Gasteiger charge is 2.04. The Balaban J connectivity index is 1.98. The standard InChI is InChI=1S/C14H14N4O2S2/c1-9(17-19)11-3-5-13(15-7-11)21-22-14-6-4-12(8-16-14)10(2)18-20/h3-8,19-20H,1-2H3. The van der Waals surface area contributed by atoms with Crippen LogP contribution in [0.4, 0.5) is 0 Å². The van der Waals surface area contributed by atoms with Crippen molar-refractivity contribution in [1.82, 2.24) is 9.97 Å². The summed E-state index contributed by atoms with van der Waals surface area (Å²) in [7, 11) is 2.97. The first-order valence-electron chi connectivity index (χ1n) is 6.28. The Morgan fingerprint density at radius 1 is 0.818 bits per heavy atom. The number of aromatic nitrogens is 2. The lowest BCUT2D eigenvalue weighted by Gasteiger charge is -2.03. The molecule has 0 saturated carbocycles. The van der Waals surface area contributed by atoms with Gasteiger partial charge in [-0.05, 0) is 59.7 Å². The molecule has 114 valence electrons. The van der Waals surface area contributed by atoms with Crippen molar-refractivity contribution in [3.8, 4) is 0 Å². The first-order valence-corrected chi connectivity index (χ1v) is 8.43. The van der Waals surface area contributed by atoms with Crippen molar-refractivity contribution in [3.05, 3.63) is 47.8 Å². The molecule has 0 aromatic carbocycles. The zero-order chi connectivity index (χ0) is 15.9. The average Bonchev–Trinajstić information content (AvgIpc) is 2.59. The number of nitrogens with zero attached hydrogens (tertiary/aromatic N) is 4. The summed E-state index contributed by atoms with van der Waals surface area (Å²) in [5.74, 6) is 0. The minimum absolute atomic E-state index is 0.523. The zero-order valence-corrected chi connectivity index (χ0v) is 13.6. The molecular weight excluding hydrogens is 320 g/mol. The van der Waals surface area contributed by atoms with Gasteiger partial charge in [-0.15, -0.1) is 0 Å². The van der Waals surface area contributed by atoms with Crippen molar-refractivity contribution in [3.63, 3.8) is 0 Å². The van der Waals surface area contributed by atoms with E-state index in [1.807, 2.05) is 24.3 Å². The molecule has 0 aliphatic heterocycles. The van der Waals surface area contributed by atoms with Gasteiger partial charge in [0.1, 0.15) is 10.1 Å². The normalized spacial score (nSPS) is 12.5. The Morgan fingerprint density at radius 2 is 1.23 bits per heavy atom. The molecule has 0 aliphatic carbocycles. The SMILES string of the molecule is CC(=NO)c1ccc(SSc2ccc(C(C)=NO)cn2)nc1. The summed E-state index contributed by atoms with van der Waals surface area (Å²) in [4.78, 5) is 8.58. The Hall–Kier alpha value is -2.06.